The van der Waals surface area contributed by atoms with Gasteiger partial charge in [-0.1, -0.05) is 60.0 Å². The van der Waals surface area contributed by atoms with Crippen LogP contribution in [0.25, 0.3) is 0 Å². The molecule has 0 heterocycles. The largest absolute Gasteiger partial charge is 0.301 e. The highest BCUT2D eigenvalue weighted by Crippen LogP contribution is 2.27. The van der Waals surface area contributed by atoms with E-state index in [1.54, 1.807) is 23.9 Å². The first kappa shape index (κ1) is 18.7. The summed E-state index contributed by atoms with van der Waals surface area (Å²) in [6, 6.07) is 27.2. The van der Waals surface area contributed by atoms with E-state index in [2.05, 4.69) is 24.0 Å². The fraction of sp³-hybridized carbons (Fsp3) is 0.0833. The molecule has 0 amide bonds. The summed E-state index contributed by atoms with van der Waals surface area (Å²) in [5, 5.41) is 8.03. The minimum Gasteiger partial charge on any atom is -0.301 e. The van der Waals surface area contributed by atoms with Crippen LogP contribution in [0.5, 0.6) is 0 Å². The molecular weight excluding hydrogens is 350 g/mol. The van der Waals surface area contributed by atoms with Gasteiger partial charge in [0, 0.05) is 33.8 Å². The minimum atomic E-state index is -0.229. The van der Waals surface area contributed by atoms with Crippen LogP contribution in [0.2, 0.25) is 0 Å². The summed E-state index contributed by atoms with van der Waals surface area (Å²) < 4.78 is 0. The Morgan fingerprint density at radius 3 is 2.07 bits per heavy atom. The lowest BCUT2D eigenvalue weighted by Crippen LogP contribution is -2.12. The number of ketones is 1. The van der Waals surface area contributed by atoms with Gasteiger partial charge < -0.3 is 5.41 Å². The topological polar surface area (TPSA) is 40.9 Å². The molecule has 0 radical (unpaired) electrons. The lowest BCUT2D eigenvalue weighted by molar-refractivity contribution is 0.106. The van der Waals surface area contributed by atoms with Gasteiger partial charge in [0.05, 0.1) is 5.71 Å². The Kier molecular flexibility index (Phi) is 6.62. The standard InChI is InChI=1S/C24H19NOS/c25-23(14-8-7-11-19-9-3-1-4-10-19)24(26)20-15-17-22(18-16-20)27-21-12-5-2-6-13-21/h1-6,9-10,12-13,15-18,25H,8,14H2. The van der Waals surface area contributed by atoms with Gasteiger partial charge >= 0.3 is 0 Å². The molecule has 0 saturated heterocycles. The quantitative estimate of drug-likeness (QED) is 0.335. The number of carbonyl (C=O) groups is 1. The SMILES string of the molecule is N=C(CCC#Cc1ccccc1)C(=O)c1ccc(Sc2ccccc2)cc1. The zero-order valence-corrected chi connectivity index (χ0v) is 15.6. The molecule has 27 heavy (non-hydrogen) atoms. The third kappa shape index (κ3) is 5.70. The molecule has 0 fully saturated rings. The third-order valence-electron chi connectivity index (χ3n) is 3.88. The molecule has 3 rings (SSSR count). The molecule has 0 atom stereocenters. The molecule has 1 N–H and O–H groups in total. The van der Waals surface area contributed by atoms with E-state index in [4.69, 9.17) is 5.41 Å². The van der Waals surface area contributed by atoms with Gasteiger partial charge in [-0.2, -0.15) is 0 Å². The van der Waals surface area contributed by atoms with Gasteiger partial charge in [-0.15, -0.1) is 0 Å². The van der Waals surface area contributed by atoms with Crippen molar-refractivity contribution in [1.82, 2.24) is 0 Å². The van der Waals surface area contributed by atoms with Crippen LogP contribution in [0.15, 0.2) is 94.7 Å². The molecule has 0 saturated carbocycles. The summed E-state index contributed by atoms with van der Waals surface area (Å²) in [5.41, 5.74) is 1.59. The second-order valence-corrected chi connectivity index (χ2v) is 7.06. The molecule has 0 unspecified atom stereocenters. The summed E-state index contributed by atoms with van der Waals surface area (Å²) in [6.45, 7) is 0. The van der Waals surface area contributed by atoms with Crippen molar-refractivity contribution in [2.24, 2.45) is 0 Å². The molecule has 0 aromatic heterocycles. The average molecular weight is 369 g/mol. The molecule has 0 spiro atoms. The number of hydrogen-bond acceptors (Lipinski definition) is 3. The monoisotopic (exact) mass is 369 g/mol. The Morgan fingerprint density at radius 1 is 0.815 bits per heavy atom. The average Bonchev–Trinajstić information content (AvgIpc) is 2.72. The van der Waals surface area contributed by atoms with Crippen LogP contribution in [0.1, 0.15) is 28.8 Å². The van der Waals surface area contributed by atoms with E-state index in [0.717, 1.165) is 15.4 Å². The molecule has 0 aliphatic rings. The van der Waals surface area contributed by atoms with Crippen LogP contribution in [-0.4, -0.2) is 11.5 Å². The van der Waals surface area contributed by atoms with Crippen molar-refractivity contribution in [2.75, 3.05) is 0 Å². The Balaban J connectivity index is 1.54. The van der Waals surface area contributed by atoms with E-state index in [0.29, 0.717) is 18.4 Å². The number of rotatable bonds is 6. The van der Waals surface area contributed by atoms with Crippen LogP contribution in [0.4, 0.5) is 0 Å². The van der Waals surface area contributed by atoms with Crippen LogP contribution < -0.4 is 0 Å². The van der Waals surface area contributed by atoms with Gasteiger partial charge in [0.25, 0.3) is 0 Å². The van der Waals surface area contributed by atoms with Gasteiger partial charge in [-0.3, -0.25) is 4.79 Å². The maximum Gasteiger partial charge on any atom is 0.206 e. The summed E-state index contributed by atoms with van der Waals surface area (Å²) in [5.74, 6) is 5.85. The number of Topliss-reactive ketones (excluding diaryl/α,β-unsaturated/α-hetero) is 1. The molecule has 0 bridgehead atoms. The van der Waals surface area contributed by atoms with E-state index in [1.165, 1.54) is 0 Å². The second-order valence-electron chi connectivity index (χ2n) is 5.91. The van der Waals surface area contributed by atoms with E-state index in [1.807, 2.05) is 60.7 Å². The summed E-state index contributed by atoms with van der Waals surface area (Å²) >= 11 is 1.65. The number of nitrogens with one attached hydrogen (secondary N) is 1. The number of carbonyl (C=O) groups excluding carboxylic acids is 1. The Hall–Kier alpha value is -3.09. The lowest BCUT2D eigenvalue weighted by Gasteiger charge is -2.04. The highest BCUT2D eigenvalue weighted by Gasteiger charge is 2.11. The minimum absolute atomic E-state index is 0.0980. The summed E-state index contributed by atoms with van der Waals surface area (Å²) in [4.78, 5) is 14.6. The van der Waals surface area contributed by atoms with E-state index < -0.39 is 0 Å². The Morgan fingerprint density at radius 2 is 1.41 bits per heavy atom. The Labute approximate surface area is 164 Å². The van der Waals surface area contributed by atoms with Crippen molar-refractivity contribution < 1.29 is 4.79 Å². The van der Waals surface area contributed by atoms with Crippen LogP contribution >= 0.6 is 11.8 Å². The normalized spacial score (nSPS) is 9.93. The maximum absolute atomic E-state index is 12.4. The maximum atomic E-state index is 12.4. The van der Waals surface area contributed by atoms with Gasteiger partial charge in [-0.05, 0) is 48.5 Å². The zero-order valence-electron chi connectivity index (χ0n) is 14.8. The first-order valence-corrected chi connectivity index (χ1v) is 9.53. The van der Waals surface area contributed by atoms with Gasteiger partial charge in [-0.25, -0.2) is 0 Å². The summed E-state index contributed by atoms with van der Waals surface area (Å²) in [6.07, 6.45) is 0.862. The molecule has 132 valence electrons. The van der Waals surface area contributed by atoms with E-state index in [9.17, 15) is 4.79 Å². The smallest absolute Gasteiger partial charge is 0.206 e. The summed E-state index contributed by atoms with van der Waals surface area (Å²) in [7, 11) is 0. The fourth-order valence-electron chi connectivity index (χ4n) is 2.46. The molecule has 0 aliphatic heterocycles. The predicted octanol–water partition coefficient (Wildman–Crippen LogP) is 5.87. The first-order valence-electron chi connectivity index (χ1n) is 8.71. The molecule has 3 aromatic carbocycles. The van der Waals surface area contributed by atoms with Crippen molar-refractivity contribution in [3.8, 4) is 11.8 Å². The number of hydrogen-bond donors (Lipinski definition) is 1. The molecular formula is C24H19NOS. The van der Waals surface area contributed by atoms with Crippen LogP contribution in [-0.2, 0) is 0 Å². The van der Waals surface area contributed by atoms with Crippen molar-refractivity contribution in [1.29, 1.82) is 5.41 Å². The van der Waals surface area contributed by atoms with Crippen LogP contribution in [0.3, 0.4) is 0 Å². The second kappa shape index (κ2) is 9.56. The van der Waals surface area contributed by atoms with Crippen molar-refractivity contribution >= 4 is 23.3 Å². The molecule has 3 heteroatoms. The first-order chi connectivity index (χ1) is 13.2. The lowest BCUT2D eigenvalue weighted by atomic mass is 10.0. The van der Waals surface area contributed by atoms with E-state index >= 15 is 0 Å². The molecule has 2 nitrogen and oxygen atoms in total. The van der Waals surface area contributed by atoms with Gasteiger partial charge in [0.1, 0.15) is 0 Å². The highest BCUT2D eigenvalue weighted by atomic mass is 32.2. The number of benzene rings is 3. The molecule has 0 aliphatic carbocycles. The highest BCUT2D eigenvalue weighted by molar-refractivity contribution is 7.99. The fourth-order valence-corrected chi connectivity index (χ4v) is 3.30. The van der Waals surface area contributed by atoms with Gasteiger partial charge in [0.2, 0.25) is 5.78 Å². The van der Waals surface area contributed by atoms with Crippen molar-refractivity contribution in [3.05, 3.63) is 96.1 Å². The van der Waals surface area contributed by atoms with Crippen molar-refractivity contribution in [2.45, 2.75) is 22.6 Å². The van der Waals surface area contributed by atoms with Gasteiger partial charge in [0.15, 0.2) is 0 Å². The van der Waals surface area contributed by atoms with Crippen molar-refractivity contribution in [3.63, 3.8) is 0 Å². The molecule has 3 aromatic rings. The predicted molar refractivity (Wildman–Crippen MR) is 112 cm³/mol. The third-order valence-corrected chi connectivity index (χ3v) is 4.89. The van der Waals surface area contributed by atoms with Crippen LogP contribution in [0, 0.1) is 17.3 Å². The Bertz CT molecular complexity index is 968. The zero-order chi connectivity index (χ0) is 18.9. The van der Waals surface area contributed by atoms with E-state index in [-0.39, 0.29) is 11.5 Å².